The standard InChI is InChI=1S/C10H6O6.C6H4Cl2O3.3C6H4O3.3C4H2O3.C2H2Cl2.C2H2.2CH4/c11-7-3-1-2(5(3)9(13)15-7)6-4(1)8(12)16-10(6)14;7-3-1-2(4(3)8)6(10)11-5(1)9;3*7-5-3-1-2-4(3)6(8)9-5;3*5-3-1-2-4(6)7-3;3-1-2-4;1-2;;/h1-6H;1-4H;3*1-4H;3*1-2H;1-2H;1-2H;2*1H4. The Morgan fingerprint density at radius 3 is 0.554 bits per heavy atom. The number of cyclic esters (lactones) is 18. The number of hydrogen-bond donors (Lipinski definition) is 0. The lowest BCUT2D eigenvalue weighted by molar-refractivity contribution is -0.189. The molecule has 0 aromatic rings. The van der Waals surface area contributed by atoms with Gasteiger partial charge in [-0.15, -0.1) is 36.0 Å². The molecule has 3 saturated carbocycles. The molecule has 14 unspecified atom stereocenters. The molecule has 15 rings (SSSR count). The van der Waals surface area contributed by atoms with E-state index in [0.29, 0.717) is 0 Å². The van der Waals surface area contributed by atoms with E-state index < -0.39 is 154 Å². The molecule has 83 heavy (non-hydrogen) atoms. The molecule has 9 heterocycles. The van der Waals surface area contributed by atoms with Crippen LogP contribution in [0.3, 0.4) is 0 Å². The van der Waals surface area contributed by atoms with Crippen LogP contribution in [-0.4, -0.2) is 118 Å². The number of carbonyl (C=O) groups is 18. The van der Waals surface area contributed by atoms with Crippen molar-refractivity contribution in [2.24, 2.45) is 82.9 Å². The molecule has 0 amide bonds. The van der Waals surface area contributed by atoms with Crippen LogP contribution < -0.4 is 0 Å². The molecule has 0 aromatic carbocycles. The third-order valence-corrected chi connectivity index (χ3v) is 14.8. The second kappa shape index (κ2) is 28.2. The lowest BCUT2D eigenvalue weighted by Crippen LogP contribution is -2.66. The molecule has 0 bridgehead atoms. The normalized spacial score (nSPS) is 33.7. The molecule has 6 saturated heterocycles. The van der Waals surface area contributed by atoms with E-state index >= 15 is 0 Å². The summed E-state index contributed by atoms with van der Waals surface area (Å²) in [5.41, 5.74) is 2.48. The number of esters is 18. The SMILES string of the molecule is C.C.C#C.ClC=CCl.O=C1C=CC(=O)O1.O=C1C=CC(=O)O1.O=C1C=CC(=O)O1.O=C1OC(=O)C2C(Cl)C(Cl)C12.O=C1OC(=O)C2C1C1C3C(=O)OC(=O)C3C21.O=C1OC(=O)C2C=CC12.O=C1OC(=O)C2C=CC12.O=C1OC(=O)C2C=CC12. The quantitative estimate of drug-likeness (QED) is 0.0825. The van der Waals surface area contributed by atoms with Gasteiger partial charge in [-0.1, -0.05) is 74.5 Å². The van der Waals surface area contributed by atoms with E-state index in [-0.39, 0.29) is 62.2 Å². The Bertz CT molecular complexity index is 2680. The van der Waals surface area contributed by atoms with Gasteiger partial charge in [-0.3, -0.25) is 57.5 Å². The number of rotatable bonds is 0. The van der Waals surface area contributed by atoms with Crippen molar-refractivity contribution >= 4 is 154 Å². The van der Waals surface area contributed by atoms with Crippen molar-refractivity contribution in [2.75, 3.05) is 0 Å². The van der Waals surface area contributed by atoms with Gasteiger partial charge >= 0.3 is 107 Å². The van der Waals surface area contributed by atoms with Crippen molar-refractivity contribution in [3.8, 4) is 12.8 Å². The lowest BCUT2D eigenvalue weighted by atomic mass is 9.39. The largest absolute Gasteiger partial charge is 0.393 e. The summed E-state index contributed by atoms with van der Waals surface area (Å²) in [4.78, 5) is 190. The molecule has 27 nitrogen and oxygen atoms in total. The van der Waals surface area contributed by atoms with Gasteiger partial charge < -0.3 is 42.6 Å². The fourth-order valence-electron chi connectivity index (χ4n) is 9.16. The number of alkyl halides is 2. The monoisotopic (exact) mass is 1240 g/mol. The van der Waals surface area contributed by atoms with Crippen LogP contribution in [0.1, 0.15) is 14.9 Å². The molecule has 15 aliphatic rings. The van der Waals surface area contributed by atoms with Gasteiger partial charge in [0.1, 0.15) is 0 Å². The van der Waals surface area contributed by atoms with E-state index in [1.54, 1.807) is 36.5 Å². The second-order valence-electron chi connectivity index (χ2n) is 17.4. The zero-order valence-corrected chi connectivity index (χ0v) is 43.0. The molecule has 9 aliphatic heterocycles. The van der Waals surface area contributed by atoms with Gasteiger partial charge in [-0.05, 0) is 11.8 Å². The van der Waals surface area contributed by atoms with Crippen molar-refractivity contribution < 1.29 is 129 Å². The topological polar surface area (TPSA) is 390 Å². The predicted octanol–water partition coefficient (Wildman–Crippen LogP) is 1.36. The van der Waals surface area contributed by atoms with E-state index in [9.17, 15) is 86.3 Å². The second-order valence-corrected chi connectivity index (χ2v) is 18.9. The number of terminal acetylenes is 1. The first-order valence-electron chi connectivity index (χ1n) is 22.8. The Hall–Kier alpha value is -8.84. The summed E-state index contributed by atoms with van der Waals surface area (Å²) in [6.07, 6.45) is 24.7. The first-order valence-corrected chi connectivity index (χ1v) is 24.5. The van der Waals surface area contributed by atoms with E-state index in [2.05, 4.69) is 55.5 Å². The smallest absolute Gasteiger partial charge is 0.338 e. The zero-order valence-electron chi connectivity index (χ0n) is 40.0. The van der Waals surface area contributed by atoms with Gasteiger partial charge in [0.2, 0.25) is 0 Å². The summed E-state index contributed by atoms with van der Waals surface area (Å²) in [5.74, 6) is -14.1. The fraction of sp³-hybridized carbons (Fsp3) is 0.346. The van der Waals surface area contributed by atoms with E-state index in [0.717, 1.165) is 36.5 Å². The van der Waals surface area contributed by atoms with E-state index in [1.807, 2.05) is 0 Å². The highest BCUT2D eigenvalue weighted by Gasteiger charge is 2.80. The van der Waals surface area contributed by atoms with Gasteiger partial charge in [-0.25, -0.2) is 28.8 Å². The number of carbonyl (C=O) groups excluding carboxylic acids is 18. The minimum absolute atomic E-state index is 0. The highest BCUT2D eigenvalue weighted by Crippen LogP contribution is 2.69. The third-order valence-electron chi connectivity index (χ3n) is 13.2. The van der Waals surface area contributed by atoms with Gasteiger partial charge in [0.25, 0.3) is 0 Å². The van der Waals surface area contributed by atoms with Gasteiger partial charge in [0.15, 0.2) is 0 Å². The van der Waals surface area contributed by atoms with Crippen LogP contribution in [0, 0.1) is 95.7 Å². The molecule has 9 fully saturated rings. The van der Waals surface area contributed by atoms with Crippen LogP contribution in [0.4, 0.5) is 0 Å². The molecule has 0 radical (unpaired) electrons. The Labute approximate surface area is 486 Å². The minimum atomic E-state index is -0.579. The van der Waals surface area contributed by atoms with Gasteiger partial charge in [-0.2, -0.15) is 0 Å². The fourth-order valence-corrected chi connectivity index (χ4v) is 9.99. The summed E-state index contributed by atoms with van der Waals surface area (Å²) in [5, 5.41) is -0.888. The maximum absolute atomic E-state index is 11.3. The van der Waals surface area contributed by atoms with Crippen LogP contribution in [0.15, 0.2) is 84.0 Å². The van der Waals surface area contributed by atoms with Crippen molar-refractivity contribution in [3.05, 3.63) is 84.0 Å². The average molecular weight is 1240 g/mol. The number of fused-ring (bicyclic) bond motifs is 11. The van der Waals surface area contributed by atoms with Gasteiger partial charge in [0.05, 0.1) is 81.8 Å². The number of hydrogen-bond acceptors (Lipinski definition) is 27. The van der Waals surface area contributed by atoms with Crippen LogP contribution in [0.5, 0.6) is 0 Å². The Kier molecular flexibility index (Phi) is 22.7. The molecule has 14 atom stereocenters. The lowest BCUT2D eigenvalue weighted by Gasteiger charge is -2.57. The highest BCUT2D eigenvalue weighted by molar-refractivity contribution is 6.35. The maximum Gasteiger partial charge on any atom is 0.338 e. The van der Waals surface area contributed by atoms with Gasteiger partial charge in [0, 0.05) is 47.5 Å². The van der Waals surface area contributed by atoms with Crippen LogP contribution >= 0.6 is 46.4 Å². The van der Waals surface area contributed by atoms with Crippen LogP contribution in [0.2, 0.25) is 0 Å². The zero-order chi connectivity index (χ0) is 59.9. The Morgan fingerprint density at radius 1 is 0.277 bits per heavy atom. The first-order chi connectivity index (χ1) is 38.4. The summed E-state index contributed by atoms with van der Waals surface area (Å²) < 4.78 is 38.2. The molecule has 31 heteroatoms. The van der Waals surface area contributed by atoms with E-state index in [1.165, 1.54) is 11.1 Å². The molecule has 0 N–H and O–H groups in total. The summed E-state index contributed by atoms with van der Waals surface area (Å²) in [6, 6.07) is 0. The van der Waals surface area contributed by atoms with Crippen molar-refractivity contribution in [1.82, 2.24) is 0 Å². The van der Waals surface area contributed by atoms with Crippen LogP contribution in [0.25, 0.3) is 0 Å². The molecular formula is C52H40Cl4O27. The minimum Gasteiger partial charge on any atom is -0.393 e. The molecule has 438 valence electrons. The Balaban J connectivity index is 0.000000203. The molecule has 6 aliphatic carbocycles. The Morgan fingerprint density at radius 2 is 0.434 bits per heavy atom. The summed E-state index contributed by atoms with van der Waals surface area (Å²) >= 11 is 21.1. The van der Waals surface area contributed by atoms with Crippen LogP contribution in [-0.2, 0) is 129 Å². The molecule has 0 spiro atoms. The third kappa shape index (κ3) is 14.1. The first kappa shape index (κ1) is 66.7. The number of halogens is 4. The summed E-state index contributed by atoms with van der Waals surface area (Å²) in [7, 11) is 0. The average Bonchev–Trinajstić information content (AvgIpc) is 2.16. The van der Waals surface area contributed by atoms with Crippen molar-refractivity contribution in [3.63, 3.8) is 0 Å². The highest BCUT2D eigenvalue weighted by atomic mass is 35.5. The van der Waals surface area contributed by atoms with Crippen molar-refractivity contribution in [1.29, 1.82) is 0 Å². The summed E-state index contributed by atoms with van der Waals surface area (Å²) in [6.45, 7) is 0. The van der Waals surface area contributed by atoms with Crippen molar-refractivity contribution in [2.45, 2.75) is 25.6 Å². The number of ether oxygens (including phenoxy) is 9. The maximum atomic E-state index is 11.3. The van der Waals surface area contributed by atoms with E-state index in [4.69, 9.17) is 46.4 Å². The predicted molar refractivity (Wildman–Crippen MR) is 267 cm³/mol. The molecular weight excluding hydrogens is 1200 g/mol. The molecule has 0 aromatic heterocycles.